The Hall–Kier alpha value is -2.70. The predicted molar refractivity (Wildman–Crippen MR) is 88.0 cm³/mol. The molecule has 0 spiro atoms. The van der Waals surface area contributed by atoms with Gasteiger partial charge in [-0.3, -0.25) is 9.78 Å². The zero-order valence-electron chi connectivity index (χ0n) is 13.3. The standard InChI is InChI=1S/C16H20N6O/c1-21(2)11-7-8-18-13(10-11)16(23)22-9-3-4-14(22)12-5-6-15(17)20-19-12/h5-8,10,14H,3-4,9H2,1-2H3,(H2,17,20). The summed E-state index contributed by atoms with van der Waals surface area (Å²) >= 11 is 0. The number of carbonyl (C=O) groups is 1. The van der Waals surface area contributed by atoms with Crippen LogP contribution in [0.3, 0.4) is 0 Å². The van der Waals surface area contributed by atoms with Gasteiger partial charge in [-0.1, -0.05) is 0 Å². The fraction of sp³-hybridized carbons (Fsp3) is 0.375. The largest absolute Gasteiger partial charge is 0.382 e. The summed E-state index contributed by atoms with van der Waals surface area (Å²) < 4.78 is 0. The van der Waals surface area contributed by atoms with Gasteiger partial charge >= 0.3 is 0 Å². The fourth-order valence-electron chi connectivity index (χ4n) is 2.81. The summed E-state index contributed by atoms with van der Waals surface area (Å²) in [5, 5.41) is 8.03. The molecule has 0 aromatic carbocycles. The van der Waals surface area contributed by atoms with Crippen molar-refractivity contribution in [2.45, 2.75) is 18.9 Å². The van der Waals surface area contributed by atoms with Gasteiger partial charge in [0.25, 0.3) is 5.91 Å². The van der Waals surface area contributed by atoms with Gasteiger partial charge < -0.3 is 15.5 Å². The summed E-state index contributed by atoms with van der Waals surface area (Å²) in [6.45, 7) is 0.698. The van der Waals surface area contributed by atoms with Crippen LogP contribution in [-0.2, 0) is 0 Å². The number of rotatable bonds is 3. The van der Waals surface area contributed by atoms with E-state index in [0.717, 1.165) is 24.2 Å². The van der Waals surface area contributed by atoms with E-state index >= 15 is 0 Å². The van der Waals surface area contributed by atoms with Gasteiger partial charge in [-0.2, -0.15) is 5.10 Å². The Labute approximate surface area is 135 Å². The Balaban J connectivity index is 1.86. The lowest BCUT2D eigenvalue weighted by Crippen LogP contribution is -2.32. The number of aromatic nitrogens is 3. The second-order valence-corrected chi connectivity index (χ2v) is 5.83. The van der Waals surface area contributed by atoms with Crippen molar-refractivity contribution in [2.24, 2.45) is 0 Å². The number of nitrogen functional groups attached to an aromatic ring is 1. The summed E-state index contributed by atoms with van der Waals surface area (Å²) in [7, 11) is 3.87. The number of nitrogens with two attached hydrogens (primary N) is 1. The number of pyridine rings is 1. The molecule has 0 saturated carbocycles. The highest BCUT2D eigenvalue weighted by Crippen LogP contribution is 2.32. The summed E-state index contributed by atoms with van der Waals surface area (Å²) in [6, 6.07) is 7.17. The molecule has 2 aromatic rings. The van der Waals surface area contributed by atoms with E-state index in [4.69, 9.17) is 5.73 Å². The second-order valence-electron chi connectivity index (χ2n) is 5.83. The van der Waals surface area contributed by atoms with Crippen molar-refractivity contribution in [3.63, 3.8) is 0 Å². The smallest absolute Gasteiger partial charge is 0.273 e. The SMILES string of the molecule is CN(C)c1ccnc(C(=O)N2CCCC2c2ccc(N)nn2)c1. The third kappa shape index (κ3) is 3.08. The molecule has 7 heteroatoms. The van der Waals surface area contributed by atoms with Crippen molar-refractivity contribution in [2.75, 3.05) is 31.3 Å². The molecule has 0 aliphatic carbocycles. The van der Waals surface area contributed by atoms with Gasteiger partial charge in [0, 0.05) is 32.5 Å². The van der Waals surface area contributed by atoms with E-state index in [2.05, 4.69) is 15.2 Å². The number of nitrogens with zero attached hydrogens (tertiary/aromatic N) is 5. The molecule has 2 N–H and O–H groups in total. The highest BCUT2D eigenvalue weighted by Gasteiger charge is 2.32. The molecule has 3 rings (SSSR count). The molecule has 23 heavy (non-hydrogen) atoms. The fourth-order valence-corrected chi connectivity index (χ4v) is 2.81. The maximum absolute atomic E-state index is 12.8. The third-order valence-corrected chi connectivity index (χ3v) is 4.04. The van der Waals surface area contributed by atoms with Crippen LogP contribution in [0, 0.1) is 0 Å². The van der Waals surface area contributed by atoms with Gasteiger partial charge in [-0.15, -0.1) is 5.10 Å². The molecule has 1 aliphatic rings. The number of hydrogen-bond acceptors (Lipinski definition) is 6. The zero-order chi connectivity index (χ0) is 16.4. The van der Waals surface area contributed by atoms with Crippen molar-refractivity contribution >= 4 is 17.4 Å². The monoisotopic (exact) mass is 312 g/mol. The van der Waals surface area contributed by atoms with Gasteiger partial charge in [0.1, 0.15) is 11.5 Å². The molecule has 7 nitrogen and oxygen atoms in total. The second kappa shape index (κ2) is 6.20. The van der Waals surface area contributed by atoms with E-state index < -0.39 is 0 Å². The molecule has 0 bridgehead atoms. The van der Waals surface area contributed by atoms with Gasteiger partial charge in [0.05, 0.1) is 11.7 Å². The van der Waals surface area contributed by atoms with E-state index in [1.807, 2.05) is 42.1 Å². The van der Waals surface area contributed by atoms with Gasteiger partial charge in [-0.25, -0.2) is 0 Å². The minimum absolute atomic E-state index is 0.0691. The maximum Gasteiger partial charge on any atom is 0.273 e. The van der Waals surface area contributed by atoms with E-state index in [0.29, 0.717) is 18.1 Å². The van der Waals surface area contributed by atoms with Crippen molar-refractivity contribution in [1.29, 1.82) is 0 Å². The summed E-state index contributed by atoms with van der Waals surface area (Å²) in [5.74, 6) is 0.305. The Morgan fingerprint density at radius 2 is 2.13 bits per heavy atom. The molecular formula is C16H20N6O. The van der Waals surface area contributed by atoms with Crippen LogP contribution in [0.2, 0.25) is 0 Å². The average molecular weight is 312 g/mol. The van der Waals surface area contributed by atoms with Crippen LogP contribution in [0.4, 0.5) is 11.5 Å². The molecule has 1 aliphatic heterocycles. The summed E-state index contributed by atoms with van der Waals surface area (Å²) in [5.41, 5.74) is 7.76. The lowest BCUT2D eigenvalue weighted by molar-refractivity contribution is 0.0726. The van der Waals surface area contributed by atoms with Gasteiger partial charge in [-0.05, 0) is 37.1 Å². The van der Waals surface area contributed by atoms with Gasteiger partial charge in [0.2, 0.25) is 0 Å². The quantitative estimate of drug-likeness (QED) is 0.924. The average Bonchev–Trinajstić information content (AvgIpc) is 3.04. The van der Waals surface area contributed by atoms with Crippen LogP contribution in [0.5, 0.6) is 0 Å². The molecule has 0 radical (unpaired) electrons. The van der Waals surface area contributed by atoms with Crippen molar-refractivity contribution in [3.05, 3.63) is 41.9 Å². The normalized spacial score (nSPS) is 17.3. The van der Waals surface area contributed by atoms with Crippen LogP contribution >= 0.6 is 0 Å². The topological polar surface area (TPSA) is 88.2 Å². The number of carbonyl (C=O) groups excluding carboxylic acids is 1. The molecule has 3 heterocycles. The summed E-state index contributed by atoms with van der Waals surface area (Å²) in [4.78, 5) is 20.9. The zero-order valence-corrected chi connectivity index (χ0v) is 13.3. The third-order valence-electron chi connectivity index (χ3n) is 4.04. The lowest BCUT2D eigenvalue weighted by Gasteiger charge is -2.24. The molecule has 1 amide bonds. The van der Waals surface area contributed by atoms with E-state index in [-0.39, 0.29) is 11.9 Å². The number of hydrogen-bond donors (Lipinski definition) is 1. The van der Waals surface area contributed by atoms with Gasteiger partial charge in [0.15, 0.2) is 0 Å². The molecular weight excluding hydrogens is 292 g/mol. The Bertz CT molecular complexity index is 700. The van der Waals surface area contributed by atoms with Crippen LogP contribution in [0.25, 0.3) is 0 Å². The number of amides is 1. The Morgan fingerprint density at radius 1 is 1.30 bits per heavy atom. The maximum atomic E-state index is 12.8. The first kappa shape index (κ1) is 15.2. The number of likely N-dealkylation sites (tertiary alicyclic amines) is 1. The van der Waals surface area contributed by atoms with Crippen LogP contribution in [-0.4, -0.2) is 46.6 Å². The van der Waals surface area contributed by atoms with Crippen molar-refractivity contribution in [1.82, 2.24) is 20.1 Å². The van der Waals surface area contributed by atoms with Crippen LogP contribution in [0.1, 0.15) is 35.1 Å². The van der Waals surface area contributed by atoms with Crippen LogP contribution < -0.4 is 10.6 Å². The first-order valence-electron chi connectivity index (χ1n) is 7.59. The van der Waals surface area contributed by atoms with E-state index in [1.54, 1.807) is 12.3 Å². The first-order valence-corrected chi connectivity index (χ1v) is 7.59. The molecule has 1 atom stereocenters. The lowest BCUT2D eigenvalue weighted by atomic mass is 10.1. The molecule has 1 saturated heterocycles. The minimum Gasteiger partial charge on any atom is -0.382 e. The molecule has 2 aromatic heterocycles. The van der Waals surface area contributed by atoms with Crippen molar-refractivity contribution < 1.29 is 4.79 Å². The van der Waals surface area contributed by atoms with E-state index in [9.17, 15) is 4.79 Å². The van der Waals surface area contributed by atoms with E-state index in [1.165, 1.54) is 0 Å². The highest BCUT2D eigenvalue weighted by atomic mass is 16.2. The predicted octanol–water partition coefficient (Wildman–Crippen LogP) is 1.50. The Morgan fingerprint density at radius 3 is 2.83 bits per heavy atom. The molecule has 1 fully saturated rings. The van der Waals surface area contributed by atoms with Crippen LogP contribution in [0.15, 0.2) is 30.5 Å². The molecule has 1 unspecified atom stereocenters. The minimum atomic E-state index is -0.0742. The highest BCUT2D eigenvalue weighted by molar-refractivity contribution is 5.93. The number of anilines is 2. The first-order chi connectivity index (χ1) is 11.1. The summed E-state index contributed by atoms with van der Waals surface area (Å²) in [6.07, 6.45) is 3.48. The Kier molecular flexibility index (Phi) is 4.10. The van der Waals surface area contributed by atoms with Crippen molar-refractivity contribution in [3.8, 4) is 0 Å². The molecule has 120 valence electrons.